The van der Waals surface area contributed by atoms with Gasteiger partial charge in [0.1, 0.15) is 0 Å². The number of hydrogen-bond acceptors (Lipinski definition) is 0. The molecule has 19 heavy (non-hydrogen) atoms. The van der Waals surface area contributed by atoms with E-state index in [4.69, 9.17) is 0 Å². The van der Waals surface area contributed by atoms with Gasteiger partial charge in [0.2, 0.25) is 0 Å². The predicted octanol–water partition coefficient (Wildman–Crippen LogP) is 5.42. The van der Waals surface area contributed by atoms with Crippen molar-refractivity contribution in [1.82, 2.24) is 0 Å². The molecular weight excluding hydrogens is 361 g/mol. The van der Waals surface area contributed by atoms with E-state index in [2.05, 4.69) is 80.5 Å². The summed E-state index contributed by atoms with van der Waals surface area (Å²) in [4.78, 5) is 0. The quantitative estimate of drug-likeness (QED) is 0.316. The summed E-state index contributed by atoms with van der Waals surface area (Å²) in [6.45, 7) is 22.7. The van der Waals surface area contributed by atoms with Gasteiger partial charge in [-0.05, 0) is 40.0 Å². The first-order chi connectivity index (χ1) is 7.90. The smallest absolute Gasteiger partial charge is 0.326 e. The van der Waals surface area contributed by atoms with Crippen molar-refractivity contribution in [3.8, 4) is 0 Å². The zero-order valence-electron chi connectivity index (χ0n) is 14.5. The van der Waals surface area contributed by atoms with Gasteiger partial charge in [-0.3, -0.25) is 0 Å². The number of hydrogen-bond donors (Lipinski definition) is 0. The second kappa shape index (κ2) is 8.84. The fourth-order valence-electron chi connectivity index (χ4n) is 1.96. The summed E-state index contributed by atoms with van der Waals surface area (Å²) >= 11 is 0. The van der Waals surface area contributed by atoms with Crippen molar-refractivity contribution in [1.29, 1.82) is 0 Å². The van der Waals surface area contributed by atoms with Gasteiger partial charge in [-0.2, -0.15) is 10.8 Å². The topological polar surface area (TPSA) is 0 Å². The molecular formula is C16H34P2Pd. The molecule has 0 bridgehead atoms. The molecule has 0 spiro atoms. The van der Waals surface area contributed by atoms with Crippen molar-refractivity contribution in [2.45, 2.75) is 27.7 Å². The van der Waals surface area contributed by atoms with Crippen LogP contribution < -0.4 is 0 Å². The van der Waals surface area contributed by atoms with Crippen LogP contribution in [0.5, 0.6) is 0 Å². The maximum absolute atomic E-state index is 2.48. The second-order valence-electron chi connectivity index (χ2n) is 7.71. The van der Waals surface area contributed by atoms with E-state index in [1.165, 1.54) is 0 Å². The predicted molar refractivity (Wildman–Crippen MR) is 92.5 cm³/mol. The Morgan fingerprint density at radius 2 is 0.737 bits per heavy atom. The number of rotatable bonds is 1. The minimum atomic E-state index is 0. The molecule has 2 atom stereocenters. The minimum absolute atomic E-state index is 0. The van der Waals surface area contributed by atoms with E-state index >= 15 is 0 Å². The summed E-state index contributed by atoms with van der Waals surface area (Å²) < 4.78 is 0. The largest absolute Gasteiger partial charge is 2.00 e. The van der Waals surface area contributed by atoms with Gasteiger partial charge in [0.05, 0.1) is 0 Å². The fraction of sp³-hybridized carbons (Fsp3) is 0.875. The van der Waals surface area contributed by atoms with Crippen LogP contribution in [-0.2, 0) is 20.4 Å². The van der Waals surface area contributed by atoms with Crippen LogP contribution in [0.25, 0.3) is 0 Å². The summed E-state index contributed by atoms with van der Waals surface area (Å²) in [5.74, 6) is 1.78. The van der Waals surface area contributed by atoms with E-state index in [9.17, 15) is 0 Å². The maximum Gasteiger partial charge on any atom is 2.00 e. The molecule has 0 aliphatic heterocycles. The molecule has 0 saturated heterocycles. The molecule has 2 fully saturated rings. The van der Waals surface area contributed by atoms with Crippen LogP contribution in [0.1, 0.15) is 27.7 Å². The monoisotopic (exact) mass is 394 g/mol. The van der Waals surface area contributed by atoms with Crippen molar-refractivity contribution in [2.75, 3.05) is 40.0 Å². The molecule has 3 heteroatoms. The van der Waals surface area contributed by atoms with Crippen molar-refractivity contribution in [2.24, 2.45) is 22.7 Å². The van der Waals surface area contributed by atoms with Gasteiger partial charge in [0.25, 0.3) is 0 Å². The fourth-order valence-corrected chi connectivity index (χ4v) is 1.96. The van der Waals surface area contributed by atoms with Crippen molar-refractivity contribution in [3.05, 3.63) is 12.8 Å². The Hall–Kier alpha value is 1.52. The van der Waals surface area contributed by atoms with E-state index in [1.54, 1.807) is 0 Å². The Morgan fingerprint density at radius 3 is 0.789 bits per heavy atom. The molecule has 0 nitrogen and oxygen atoms in total. The molecule has 2 aliphatic carbocycles. The first kappa shape index (κ1) is 22.8. The van der Waals surface area contributed by atoms with Crippen molar-refractivity contribution in [3.63, 3.8) is 0 Å². The van der Waals surface area contributed by atoms with Crippen LogP contribution >= 0.6 is 15.8 Å². The Bertz CT molecular complexity index is 216. The first-order valence-electron chi connectivity index (χ1n) is 6.84. The summed E-state index contributed by atoms with van der Waals surface area (Å²) in [5, 5.41) is 0. The molecule has 2 aliphatic rings. The van der Waals surface area contributed by atoms with Gasteiger partial charge in [0, 0.05) is 0 Å². The van der Waals surface area contributed by atoms with Gasteiger partial charge >= 0.3 is 20.4 Å². The summed E-state index contributed by atoms with van der Waals surface area (Å²) in [6, 6.07) is 0. The zero-order valence-corrected chi connectivity index (χ0v) is 17.9. The molecule has 0 aromatic heterocycles. The molecule has 2 rings (SSSR count). The molecule has 118 valence electrons. The normalized spacial score (nSPS) is 28.4. The first-order valence-corrected chi connectivity index (χ1v) is 12.2. The Balaban J connectivity index is 0. The SMILES string of the molecule is CC1(C)[CH-]C1C1[CH-]C1(C)C.CP(C)C.CP(C)C.[Pd+2]. The van der Waals surface area contributed by atoms with E-state index in [1.807, 2.05) is 0 Å². The minimum Gasteiger partial charge on any atom is -0.326 e. The van der Waals surface area contributed by atoms with Crippen LogP contribution in [0.3, 0.4) is 0 Å². The zero-order chi connectivity index (χ0) is 14.7. The standard InChI is InChI=1S/C10H16.2C3H9P.Pd/c1-9(2)5-7(9)8-6-10(8,3)4;2*1-4(2)3;/h5-8H,1-4H3;2*1-3H3;/q-2;;;+2. The van der Waals surface area contributed by atoms with Gasteiger partial charge < -0.3 is 12.8 Å². The van der Waals surface area contributed by atoms with Gasteiger partial charge in [-0.25, -0.2) is 11.8 Å². The van der Waals surface area contributed by atoms with Gasteiger partial charge in [-0.1, -0.05) is 27.7 Å². The third kappa shape index (κ3) is 10.8. The van der Waals surface area contributed by atoms with Crippen LogP contribution in [-0.4, -0.2) is 40.0 Å². The molecule has 0 N–H and O–H groups in total. The molecule has 0 amide bonds. The van der Waals surface area contributed by atoms with Gasteiger partial charge in [0.15, 0.2) is 0 Å². The van der Waals surface area contributed by atoms with Crippen molar-refractivity contribution >= 4 is 15.8 Å². The van der Waals surface area contributed by atoms with E-state index in [0.29, 0.717) is 26.7 Å². The van der Waals surface area contributed by atoms with Crippen LogP contribution in [0, 0.1) is 35.5 Å². The second-order valence-corrected chi connectivity index (χ2v) is 13.1. The Kier molecular flexibility index (Phi) is 10.6. The van der Waals surface area contributed by atoms with Crippen LogP contribution in [0.2, 0.25) is 0 Å². The molecule has 0 heterocycles. The molecule has 0 radical (unpaired) electrons. The third-order valence-corrected chi connectivity index (χ3v) is 3.11. The molecule has 2 unspecified atom stereocenters. The third-order valence-electron chi connectivity index (χ3n) is 3.11. The van der Waals surface area contributed by atoms with E-state index < -0.39 is 0 Å². The summed E-state index contributed by atoms with van der Waals surface area (Å²) in [7, 11) is 0.759. The van der Waals surface area contributed by atoms with Crippen molar-refractivity contribution < 1.29 is 20.4 Å². The molecule has 0 aromatic carbocycles. The summed E-state index contributed by atoms with van der Waals surface area (Å²) in [5.41, 5.74) is 1.10. The van der Waals surface area contributed by atoms with Gasteiger partial charge in [-0.15, -0.1) is 15.8 Å². The Morgan fingerprint density at radius 1 is 0.632 bits per heavy atom. The van der Waals surface area contributed by atoms with E-state index in [0.717, 1.165) is 11.8 Å². The average Bonchev–Trinajstić information content (AvgIpc) is 2.87. The molecule has 2 saturated carbocycles. The Labute approximate surface area is 139 Å². The summed E-state index contributed by atoms with van der Waals surface area (Å²) in [6.07, 6.45) is 4.95. The maximum atomic E-state index is 2.48. The van der Waals surface area contributed by atoms with Crippen LogP contribution in [0.4, 0.5) is 0 Å². The average molecular weight is 395 g/mol. The molecule has 0 aromatic rings. The van der Waals surface area contributed by atoms with E-state index in [-0.39, 0.29) is 20.4 Å². The van der Waals surface area contributed by atoms with Crippen LogP contribution in [0.15, 0.2) is 0 Å².